The van der Waals surface area contributed by atoms with Crippen LogP contribution in [0.15, 0.2) is 36.7 Å². The van der Waals surface area contributed by atoms with Gasteiger partial charge in [-0.1, -0.05) is 13.8 Å². The van der Waals surface area contributed by atoms with Crippen molar-refractivity contribution in [2.45, 2.75) is 26.4 Å². The summed E-state index contributed by atoms with van der Waals surface area (Å²) in [6.45, 7) is 4.54. The summed E-state index contributed by atoms with van der Waals surface area (Å²) in [5, 5.41) is 11.1. The van der Waals surface area contributed by atoms with Crippen LogP contribution in [-0.2, 0) is 11.3 Å². The van der Waals surface area contributed by atoms with E-state index in [1.165, 1.54) is 7.11 Å². The Labute approximate surface area is 134 Å². The molecule has 2 aromatic rings. The third-order valence-corrected chi connectivity index (χ3v) is 3.52. The van der Waals surface area contributed by atoms with Crippen LogP contribution >= 0.6 is 0 Å². The number of nitrogens with zero attached hydrogens (tertiary/aromatic N) is 3. The number of esters is 1. The Morgan fingerprint density at radius 3 is 2.22 bits per heavy atom. The fourth-order valence-electron chi connectivity index (χ4n) is 2.06. The molecule has 0 radical (unpaired) electrons. The molecule has 0 bridgehead atoms. The van der Waals surface area contributed by atoms with Gasteiger partial charge < -0.3 is 10.1 Å². The molecule has 1 unspecified atom stereocenters. The number of aromatic nitrogens is 3. The van der Waals surface area contributed by atoms with Gasteiger partial charge >= 0.3 is 5.97 Å². The van der Waals surface area contributed by atoms with Gasteiger partial charge in [-0.15, -0.1) is 0 Å². The number of hydrogen-bond donors (Lipinski definition) is 1. The Bertz CT molecular complexity index is 650. The molecular formula is C16H20N4O3. The van der Waals surface area contributed by atoms with Crippen LogP contribution in [0.5, 0.6) is 0 Å². The van der Waals surface area contributed by atoms with E-state index in [1.807, 2.05) is 13.8 Å². The lowest BCUT2D eigenvalue weighted by molar-refractivity contribution is 0.0600. The molecule has 1 aromatic carbocycles. The number of carbonyl (C=O) groups is 2. The van der Waals surface area contributed by atoms with Gasteiger partial charge in [0, 0.05) is 5.56 Å². The van der Waals surface area contributed by atoms with Crippen LogP contribution < -0.4 is 5.32 Å². The monoisotopic (exact) mass is 316 g/mol. The molecule has 23 heavy (non-hydrogen) atoms. The van der Waals surface area contributed by atoms with Crippen molar-refractivity contribution in [1.82, 2.24) is 20.3 Å². The summed E-state index contributed by atoms with van der Waals surface area (Å²) >= 11 is 0. The smallest absolute Gasteiger partial charge is 0.337 e. The predicted molar refractivity (Wildman–Crippen MR) is 83.9 cm³/mol. The van der Waals surface area contributed by atoms with Gasteiger partial charge in [0.15, 0.2) is 0 Å². The Kier molecular flexibility index (Phi) is 5.46. The summed E-state index contributed by atoms with van der Waals surface area (Å²) in [5.74, 6) is -0.409. The summed E-state index contributed by atoms with van der Waals surface area (Å²) < 4.78 is 4.64. The van der Waals surface area contributed by atoms with Gasteiger partial charge in [-0.2, -0.15) is 15.0 Å². The molecule has 0 spiro atoms. The molecule has 1 heterocycles. The normalized spacial score (nSPS) is 12.0. The van der Waals surface area contributed by atoms with Crippen LogP contribution in [0.4, 0.5) is 0 Å². The van der Waals surface area contributed by atoms with Crippen LogP contribution in [0.3, 0.4) is 0 Å². The standard InChI is InChI=1S/C16H20N4O3/c1-11(2)14(10-20-17-8-9-18-20)19-15(21)12-4-6-13(7-5-12)16(22)23-3/h4-9,11,14H,10H2,1-3H3,(H,19,21). The number of methoxy groups -OCH3 is 1. The van der Waals surface area contributed by atoms with E-state index < -0.39 is 5.97 Å². The summed E-state index contributed by atoms with van der Waals surface area (Å²) in [7, 11) is 1.32. The van der Waals surface area contributed by atoms with E-state index in [-0.39, 0.29) is 17.9 Å². The van der Waals surface area contributed by atoms with Gasteiger partial charge in [-0.25, -0.2) is 4.79 Å². The number of rotatable bonds is 6. The molecule has 0 aliphatic heterocycles. The minimum Gasteiger partial charge on any atom is -0.465 e. The van der Waals surface area contributed by atoms with Gasteiger partial charge in [0.1, 0.15) is 0 Å². The molecule has 1 atom stereocenters. The van der Waals surface area contributed by atoms with Crippen LogP contribution in [0, 0.1) is 5.92 Å². The average Bonchev–Trinajstić information content (AvgIpc) is 3.06. The van der Waals surface area contributed by atoms with Crippen molar-refractivity contribution < 1.29 is 14.3 Å². The van der Waals surface area contributed by atoms with Crippen molar-refractivity contribution in [3.8, 4) is 0 Å². The van der Waals surface area contributed by atoms with Crippen molar-refractivity contribution in [2.75, 3.05) is 7.11 Å². The number of ether oxygens (including phenoxy) is 1. The van der Waals surface area contributed by atoms with Gasteiger partial charge in [0.2, 0.25) is 0 Å². The fourth-order valence-corrected chi connectivity index (χ4v) is 2.06. The zero-order valence-electron chi connectivity index (χ0n) is 13.4. The Morgan fingerprint density at radius 1 is 1.13 bits per heavy atom. The molecule has 0 fully saturated rings. The first-order valence-electron chi connectivity index (χ1n) is 7.34. The number of benzene rings is 1. The first-order valence-corrected chi connectivity index (χ1v) is 7.34. The SMILES string of the molecule is COC(=O)c1ccc(C(=O)NC(Cn2nccn2)C(C)C)cc1. The maximum Gasteiger partial charge on any atom is 0.337 e. The molecule has 0 aliphatic rings. The molecule has 7 heteroatoms. The lowest BCUT2D eigenvalue weighted by atomic mass is 10.0. The van der Waals surface area contributed by atoms with E-state index in [0.717, 1.165) is 0 Å². The highest BCUT2D eigenvalue weighted by molar-refractivity contribution is 5.96. The van der Waals surface area contributed by atoms with E-state index in [0.29, 0.717) is 17.7 Å². The van der Waals surface area contributed by atoms with E-state index in [1.54, 1.807) is 41.5 Å². The summed E-state index contributed by atoms with van der Waals surface area (Å²) in [4.78, 5) is 25.3. The van der Waals surface area contributed by atoms with Gasteiger partial charge in [-0.05, 0) is 30.2 Å². The Hall–Kier alpha value is -2.70. The molecule has 1 amide bonds. The summed E-state index contributed by atoms with van der Waals surface area (Å²) in [6.07, 6.45) is 3.20. The molecule has 0 aliphatic carbocycles. The molecule has 7 nitrogen and oxygen atoms in total. The molecule has 1 N–H and O–H groups in total. The maximum atomic E-state index is 12.4. The van der Waals surface area contributed by atoms with Crippen molar-refractivity contribution >= 4 is 11.9 Å². The Balaban J connectivity index is 2.04. The van der Waals surface area contributed by atoms with Crippen LogP contribution in [0.1, 0.15) is 34.6 Å². The third kappa shape index (κ3) is 4.38. The molecule has 122 valence electrons. The highest BCUT2D eigenvalue weighted by Crippen LogP contribution is 2.09. The van der Waals surface area contributed by atoms with Crippen molar-refractivity contribution in [2.24, 2.45) is 5.92 Å². The number of carbonyl (C=O) groups excluding carboxylic acids is 2. The molecule has 0 saturated heterocycles. The molecule has 2 rings (SSSR count). The highest BCUT2D eigenvalue weighted by atomic mass is 16.5. The van der Waals surface area contributed by atoms with E-state index >= 15 is 0 Å². The number of nitrogens with one attached hydrogen (secondary N) is 1. The fraction of sp³-hybridized carbons (Fsp3) is 0.375. The number of hydrogen-bond acceptors (Lipinski definition) is 5. The second-order valence-corrected chi connectivity index (χ2v) is 5.48. The third-order valence-electron chi connectivity index (χ3n) is 3.52. The molecular weight excluding hydrogens is 296 g/mol. The van der Waals surface area contributed by atoms with Crippen molar-refractivity contribution in [1.29, 1.82) is 0 Å². The Morgan fingerprint density at radius 2 is 1.70 bits per heavy atom. The zero-order chi connectivity index (χ0) is 16.8. The van der Waals surface area contributed by atoms with E-state index in [2.05, 4.69) is 20.3 Å². The van der Waals surface area contributed by atoms with Crippen LogP contribution in [-0.4, -0.2) is 40.0 Å². The highest BCUT2D eigenvalue weighted by Gasteiger charge is 2.19. The largest absolute Gasteiger partial charge is 0.465 e. The zero-order valence-corrected chi connectivity index (χ0v) is 13.4. The second kappa shape index (κ2) is 7.53. The maximum absolute atomic E-state index is 12.4. The first-order chi connectivity index (χ1) is 11.0. The molecule has 1 aromatic heterocycles. The minimum atomic E-state index is -0.429. The van der Waals surface area contributed by atoms with E-state index in [4.69, 9.17) is 0 Å². The predicted octanol–water partition coefficient (Wildman–Crippen LogP) is 1.52. The lowest BCUT2D eigenvalue weighted by Crippen LogP contribution is -2.42. The van der Waals surface area contributed by atoms with Gasteiger partial charge in [0.05, 0.1) is 37.7 Å². The summed E-state index contributed by atoms with van der Waals surface area (Å²) in [5.41, 5.74) is 0.891. The van der Waals surface area contributed by atoms with Crippen LogP contribution in [0.25, 0.3) is 0 Å². The average molecular weight is 316 g/mol. The lowest BCUT2D eigenvalue weighted by Gasteiger charge is -2.21. The number of amides is 1. The van der Waals surface area contributed by atoms with Crippen LogP contribution in [0.2, 0.25) is 0 Å². The topological polar surface area (TPSA) is 86.1 Å². The first kappa shape index (κ1) is 16.7. The minimum absolute atomic E-state index is 0.102. The van der Waals surface area contributed by atoms with Gasteiger partial charge in [0.25, 0.3) is 5.91 Å². The van der Waals surface area contributed by atoms with Gasteiger partial charge in [-0.3, -0.25) is 4.79 Å². The summed E-state index contributed by atoms with van der Waals surface area (Å²) in [6, 6.07) is 6.24. The van der Waals surface area contributed by atoms with Crippen molar-refractivity contribution in [3.05, 3.63) is 47.8 Å². The van der Waals surface area contributed by atoms with E-state index in [9.17, 15) is 9.59 Å². The van der Waals surface area contributed by atoms with Crippen molar-refractivity contribution in [3.63, 3.8) is 0 Å². The molecule has 0 saturated carbocycles. The second-order valence-electron chi connectivity index (χ2n) is 5.48. The quantitative estimate of drug-likeness (QED) is 0.817.